The van der Waals surface area contributed by atoms with Crippen LogP contribution in [0.3, 0.4) is 0 Å². The van der Waals surface area contributed by atoms with Crippen molar-refractivity contribution in [2.75, 3.05) is 0 Å². The van der Waals surface area contributed by atoms with E-state index in [1.807, 2.05) is 0 Å². The van der Waals surface area contributed by atoms with E-state index in [9.17, 15) is 0 Å². The molecule has 51 heavy (non-hydrogen) atoms. The molecule has 4 heterocycles. The Labute approximate surface area is 305 Å². The topological polar surface area (TPSA) is 20.2 Å². The van der Waals surface area contributed by atoms with Crippen molar-refractivity contribution in [2.45, 2.75) is 60.9 Å². The highest BCUT2D eigenvalue weighted by Gasteiger charge is 2.47. The Hall–Kier alpha value is -4.51. The lowest BCUT2D eigenvalue weighted by atomic mass is 9.78. The molecule has 11 rings (SSSR count). The average molecular weight is 682 g/mol. The summed E-state index contributed by atoms with van der Waals surface area (Å²) in [5.41, 5.74) is 11.7. The molecule has 2 aromatic carbocycles. The molecule has 4 heteroatoms. The Balaban J connectivity index is 1.00. The van der Waals surface area contributed by atoms with Crippen LogP contribution in [0.15, 0.2) is 151 Å². The minimum absolute atomic E-state index is 0.185. The average Bonchev–Trinajstić information content (AvgIpc) is 3.94. The van der Waals surface area contributed by atoms with Gasteiger partial charge in [0.05, 0.1) is 11.0 Å². The van der Waals surface area contributed by atoms with Crippen LogP contribution in [0, 0.1) is 17.8 Å². The molecule has 8 aliphatic rings. The maximum absolute atomic E-state index is 4.26. The summed E-state index contributed by atoms with van der Waals surface area (Å²) >= 11 is 2.17. The molecule has 2 saturated heterocycles. The van der Waals surface area contributed by atoms with Crippen molar-refractivity contribution >= 4 is 50.4 Å². The van der Waals surface area contributed by atoms with Gasteiger partial charge in [0.1, 0.15) is 6.17 Å². The molecule has 1 N–H and O–H groups in total. The van der Waals surface area contributed by atoms with E-state index in [1.54, 1.807) is 0 Å². The van der Waals surface area contributed by atoms with E-state index in [-0.39, 0.29) is 6.17 Å². The maximum Gasteiger partial charge on any atom is 0.103 e. The van der Waals surface area contributed by atoms with Crippen LogP contribution < -0.4 is 5.32 Å². The smallest absolute Gasteiger partial charge is 0.103 e. The van der Waals surface area contributed by atoms with Gasteiger partial charge in [0.2, 0.25) is 0 Å². The normalized spacial score (nSPS) is 33.1. The molecule has 0 spiro atoms. The number of allylic oxidation sites excluding steroid dienone is 13. The zero-order chi connectivity index (χ0) is 33.6. The second-order valence-electron chi connectivity index (χ2n) is 15.5. The zero-order valence-electron chi connectivity index (χ0n) is 28.9. The van der Waals surface area contributed by atoms with E-state index in [1.165, 1.54) is 73.8 Å². The predicted octanol–water partition coefficient (Wildman–Crippen LogP) is 10.5. The van der Waals surface area contributed by atoms with Gasteiger partial charge in [-0.25, -0.2) is 0 Å². The zero-order valence-corrected chi connectivity index (χ0v) is 29.7. The Bertz CT molecular complexity index is 2330. The Kier molecular flexibility index (Phi) is 6.95. The monoisotopic (exact) mass is 681 g/mol. The minimum Gasteiger partial charge on any atom is -0.372 e. The predicted molar refractivity (Wildman–Crippen MR) is 217 cm³/mol. The molecule has 252 valence electrons. The first kappa shape index (κ1) is 30.1. The first-order valence-corrected chi connectivity index (χ1v) is 20.0. The van der Waals surface area contributed by atoms with Crippen LogP contribution in [0.2, 0.25) is 0 Å². The van der Waals surface area contributed by atoms with Gasteiger partial charge in [-0.05, 0) is 108 Å². The van der Waals surface area contributed by atoms with Crippen LogP contribution in [0.4, 0.5) is 0 Å². The number of benzene rings is 2. The quantitative estimate of drug-likeness (QED) is 0.277. The largest absolute Gasteiger partial charge is 0.372 e. The summed E-state index contributed by atoms with van der Waals surface area (Å²) in [4.78, 5) is 2.66. The van der Waals surface area contributed by atoms with Crippen molar-refractivity contribution in [3.8, 4) is 0 Å². The van der Waals surface area contributed by atoms with Crippen LogP contribution in [0.5, 0.6) is 0 Å². The first-order valence-electron chi connectivity index (χ1n) is 19.0. The van der Waals surface area contributed by atoms with Crippen LogP contribution in [0.25, 0.3) is 38.6 Å². The second-order valence-corrected chi connectivity index (χ2v) is 16.9. The van der Waals surface area contributed by atoms with Gasteiger partial charge in [-0.1, -0.05) is 103 Å². The molecule has 0 bridgehead atoms. The number of fused-ring (bicyclic) bond motifs is 9. The van der Waals surface area contributed by atoms with E-state index in [0.717, 1.165) is 25.2 Å². The van der Waals surface area contributed by atoms with Crippen LogP contribution in [0.1, 0.15) is 43.2 Å². The van der Waals surface area contributed by atoms with Crippen LogP contribution in [-0.4, -0.2) is 38.2 Å². The Morgan fingerprint density at radius 2 is 1.63 bits per heavy atom. The highest BCUT2D eigenvalue weighted by atomic mass is 32.2. The number of rotatable bonds is 4. The van der Waals surface area contributed by atoms with E-state index in [0.29, 0.717) is 34.4 Å². The fraction of sp³-hybridized carbons (Fsp3) is 0.277. The summed E-state index contributed by atoms with van der Waals surface area (Å²) < 4.78 is 2.49. The lowest BCUT2D eigenvalue weighted by Gasteiger charge is -2.35. The number of thioether (sulfide) groups is 1. The SMILES string of the molecule is C=C1C=C[C@H](N2C3NC=C(c4ccc5c(c4)c4cc(C6=CC7C(C=C6)SC6C=CCCC67)ccc4n5C4=CCCC=C4)C=C3[C@H]3C=CC=CC32)C1. The molecule has 3 aliphatic heterocycles. The van der Waals surface area contributed by atoms with Crippen LogP contribution in [-0.2, 0) is 0 Å². The molecule has 8 atom stereocenters. The van der Waals surface area contributed by atoms with E-state index < -0.39 is 0 Å². The number of likely N-dealkylation sites (tertiary alicyclic amines) is 1. The van der Waals surface area contributed by atoms with Gasteiger partial charge in [0, 0.05) is 51.2 Å². The van der Waals surface area contributed by atoms with E-state index >= 15 is 0 Å². The molecule has 0 radical (unpaired) electrons. The van der Waals surface area contributed by atoms with Crippen molar-refractivity contribution < 1.29 is 0 Å². The summed E-state index contributed by atoms with van der Waals surface area (Å²) in [6.45, 7) is 4.26. The molecule has 5 aliphatic carbocycles. The van der Waals surface area contributed by atoms with Crippen molar-refractivity contribution in [3.05, 3.63) is 163 Å². The van der Waals surface area contributed by atoms with Gasteiger partial charge in [0.25, 0.3) is 0 Å². The molecule has 6 unspecified atom stereocenters. The lowest BCUT2D eigenvalue weighted by molar-refractivity contribution is 0.168. The number of aromatic nitrogens is 1. The summed E-state index contributed by atoms with van der Waals surface area (Å²) in [6, 6.07) is 15.1. The molecule has 0 saturated carbocycles. The number of hydrogen-bond acceptors (Lipinski definition) is 3. The Morgan fingerprint density at radius 1 is 0.784 bits per heavy atom. The van der Waals surface area contributed by atoms with Gasteiger partial charge >= 0.3 is 0 Å². The van der Waals surface area contributed by atoms with Crippen molar-refractivity contribution in [2.24, 2.45) is 17.8 Å². The fourth-order valence-corrected chi connectivity index (χ4v) is 12.0. The van der Waals surface area contributed by atoms with Crippen molar-refractivity contribution in [1.29, 1.82) is 0 Å². The van der Waals surface area contributed by atoms with E-state index in [2.05, 4.69) is 167 Å². The van der Waals surface area contributed by atoms with Gasteiger partial charge < -0.3 is 9.88 Å². The van der Waals surface area contributed by atoms with Gasteiger partial charge in [-0.2, -0.15) is 0 Å². The molecule has 1 aromatic heterocycles. The third kappa shape index (κ3) is 4.76. The number of nitrogens with one attached hydrogen (secondary N) is 1. The summed E-state index contributed by atoms with van der Waals surface area (Å²) in [7, 11) is 0. The van der Waals surface area contributed by atoms with Gasteiger partial charge in [-0.15, -0.1) is 11.8 Å². The summed E-state index contributed by atoms with van der Waals surface area (Å²) in [5.74, 6) is 1.75. The van der Waals surface area contributed by atoms with Crippen LogP contribution >= 0.6 is 11.8 Å². The first-order chi connectivity index (χ1) is 25.2. The highest BCUT2D eigenvalue weighted by Crippen LogP contribution is 2.51. The minimum atomic E-state index is 0.185. The van der Waals surface area contributed by atoms with Gasteiger partial charge in [0.15, 0.2) is 0 Å². The second kappa shape index (κ2) is 11.8. The molecular weight excluding hydrogens is 639 g/mol. The fourth-order valence-electron chi connectivity index (χ4n) is 10.3. The third-order valence-electron chi connectivity index (χ3n) is 12.7. The Morgan fingerprint density at radius 3 is 2.43 bits per heavy atom. The number of hydrogen-bond donors (Lipinski definition) is 1. The van der Waals surface area contributed by atoms with E-state index in [4.69, 9.17) is 0 Å². The maximum atomic E-state index is 4.26. The van der Waals surface area contributed by atoms with Crippen molar-refractivity contribution in [3.63, 3.8) is 0 Å². The highest BCUT2D eigenvalue weighted by molar-refractivity contribution is 8.01. The molecular formula is C47H43N3S. The molecule has 0 amide bonds. The lowest BCUT2D eigenvalue weighted by Crippen LogP contribution is -2.48. The molecule has 3 nitrogen and oxygen atoms in total. The van der Waals surface area contributed by atoms with Gasteiger partial charge in [-0.3, -0.25) is 4.90 Å². The molecule has 2 fully saturated rings. The summed E-state index contributed by atoms with van der Waals surface area (Å²) in [5, 5.41) is 7.80. The number of dihydropyridines is 1. The van der Waals surface area contributed by atoms with Crippen molar-refractivity contribution in [1.82, 2.24) is 14.8 Å². The number of nitrogens with zero attached hydrogens (tertiary/aromatic N) is 2. The standard InChI is InChI=1S/C47H43N3S/c1-29-15-19-35(23-29)50-42-13-7-5-11-36(42)41-27-33(28-48-47(41)50)32-17-21-44-39(25-32)38-24-30(16-20-43(38)49(44)34-9-3-2-4-10-34)31-18-22-46-40(26-31)37-12-6-8-14-45(37)51-46/h3,5,7-11,13-22,24-28,35-37,40,42,45-48H,1-2,4,6,12,23H2/t35-,36+,37?,40?,42?,45?,46?,47?/m0/s1. The third-order valence-corrected chi connectivity index (χ3v) is 14.3. The molecule has 3 aromatic rings. The summed E-state index contributed by atoms with van der Waals surface area (Å²) in [6.07, 6.45) is 43.9.